The second kappa shape index (κ2) is 15.2. The molecule has 2 saturated heterocycles. The summed E-state index contributed by atoms with van der Waals surface area (Å²) in [6.45, 7) is 3.93. The van der Waals surface area contributed by atoms with E-state index in [2.05, 4.69) is 57.2 Å². The quantitative estimate of drug-likeness (QED) is 0.272. The number of amides is 3. The van der Waals surface area contributed by atoms with Gasteiger partial charge < -0.3 is 25.6 Å². The summed E-state index contributed by atoms with van der Waals surface area (Å²) in [5, 5.41) is 12.3. The van der Waals surface area contributed by atoms with Crippen LogP contribution in [0.2, 0.25) is 0 Å². The molecule has 3 heterocycles. The molecule has 3 N–H and O–H groups in total. The molecule has 0 spiro atoms. The lowest BCUT2D eigenvalue weighted by atomic mass is 9.99. The van der Waals surface area contributed by atoms with Gasteiger partial charge >= 0.3 is 0 Å². The summed E-state index contributed by atoms with van der Waals surface area (Å²) in [6, 6.07) is 29.1. The van der Waals surface area contributed by atoms with Gasteiger partial charge in [0.05, 0.1) is 18.6 Å². The first-order chi connectivity index (χ1) is 24.0. The first kappa shape index (κ1) is 32.8. The van der Waals surface area contributed by atoms with Gasteiger partial charge in [0.2, 0.25) is 11.8 Å². The van der Waals surface area contributed by atoms with Crippen molar-refractivity contribution in [2.45, 2.75) is 50.2 Å². The first-order valence-electron chi connectivity index (χ1n) is 17.6. The predicted molar refractivity (Wildman–Crippen MR) is 191 cm³/mol. The van der Waals surface area contributed by atoms with Crippen LogP contribution in [0.4, 0.5) is 0 Å². The third-order valence-corrected chi connectivity index (χ3v) is 10.1. The fourth-order valence-electron chi connectivity index (χ4n) is 7.57. The Morgan fingerprint density at radius 3 is 2.55 bits per heavy atom. The molecule has 4 aromatic carbocycles. The molecule has 3 amide bonds. The summed E-state index contributed by atoms with van der Waals surface area (Å²) in [5.74, 6) is 0.447. The molecule has 254 valence electrons. The average molecular weight is 660 g/mol. The van der Waals surface area contributed by atoms with E-state index in [1.165, 1.54) is 16.3 Å². The van der Waals surface area contributed by atoms with Crippen LogP contribution in [0.1, 0.15) is 41.6 Å². The van der Waals surface area contributed by atoms with Crippen LogP contribution in [0.5, 0.6) is 5.75 Å². The normalized spacial score (nSPS) is 21.6. The molecule has 4 aromatic rings. The molecule has 3 aliphatic rings. The third-order valence-electron chi connectivity index (χ3n) is 10.1. The molecular formula is C40H45N5O4. The van der Waals surface area contributed by atoms with E-state index in [4.69, 9.17) is 4.74 Å². The number of likely N-dealkylation sites (tertiary alicyclic amines) is 1. The van der Waals surface area contributed by atoms with E-state index in [1.807, 2.05) is 59.5 Å². The zero-order valence-corrected chi connectivity index (χ0v) is 27.9. The zero-order chi connectivity index (χ0) is 33.6. The fraction of sp³-hybridized carbons (Fsp3) is 0.375. The van der Waals surface area contributed by atoms with E-state index in [-0.39, 0.29) is 29.8 Å². The third kappa shape index (κ3) is 7.79. The molecule has 3 aliphatic heterocycles. The van der Waals surface area contributed by atoms with Crippen molar-refractivity contribution in [1.29, 1.82) is 0 Å². The van der Waals surface area contributed by atoms with Crippen LogP contribution in [-0.2, 0) is 16.0 Å². The fourth-order valence-corrected chi connectivity index (χ4v) is 7.57. The Kier molecular flexibility index (Phi) is 10.2. The SMILES string of the molecule is O=C(CN1CCCC1)N[C@H]1C[C@H]2COc3cccc(c3)-c3ccccc3C(=O)NCC[C@@H](NCCc3cccc4ccccc34)C(=O)N2C1. The monoisotopic (exact) mass is 659 g/mol. The number of carbonyl (C=O) groups is 3. The van der Waals surface area contributed by atoms with Crippen LogP contribution in [0.25, 0.3) is 21.9 Å². The average Bonchev–Trinajstić information content (AvgIpc) is 3.79. The molecule has 0 saturated carbocycles. The second-order valence-electron chi connectivity index (χ2n) is 13.5. The minimum atomic E-state index is -0.529. The van der Waals surface area contributed by atoms with Gasteiger partial charge in [-0.05, 0) is 97.4 Å². The highest BCUT2D eigenvalue weighted by atomic mass is 16.5. The maximum absolute atomic E-state index is 14.5. The van der Waals surface area contributed by atoms with Crippen molar-refractivity contribution >= 4 is 28.5 Å². The Morgan fingerprint density at radius 2 is 1.67 bits per heavy atom. The molecule has 0 radical (unpaired) electrons. The van der Waals surface area contributed by atoms with Crippen molar-refractivity contribution < 1.29 is 19.1 Å². The number of fused-ring (bicyclic) bond motifs is 6. The lowest BCUT2D eigenvalue weighted by molar-refractivity contribution is -0.135. The molecule has 0 unspecified atom stereocenters. The standard InChI is InChI=1S/C40H45N5O4/c46-38(26-44-21-5-6-22-44)43-31-24-32-27-49-33-13-8-12-30(23-33)35-15-3-4-16-36(35)39(47)42-20-18-37(40(48)45(32)25-31)41-19-17-29-11-7-10-28-9-1-2-14-34(28)29/h1-4,7-16,23,31-32,37,41H,5-6,17-22,24-27H2,(H,42,47)(H,43,46)/t31-,32-,37+/m0/s1. The molecule has 9 heteroatoms. The Morgan fingerprint density at radius 1 is 0.898 bits per heavy atom. The predicted octanol–water partition coefficient (Wildman–Crippen LogP) is 4.40. The summed E-state index contributed by atoms with van der Waals surface area (Å²) in [4.78, 5) is 45.1. The van der Waals surface area contributed by atoms with Crippen LogP contribution < -0.4 is 20.7 Å². The first-order valence-corrected chi connectivity index (χ1v) is 17.6. The molecule has 0 aromatic heterocycles. The topological polar surface area (TPSA) is 103 Å². The summed E-state index contributed by atoms with van der Waals surface area (Å²) < 4.78 is 6.37. The highest BCUT2D eigenvalue weighted by Crippen LogP contribution is 2.29. The largest absolute Gasteiger partial charge is 0.491 e. The van der Waals surface area contributed by atoms with E-state index in [9.17, 15) is 14.4 Å². The second-order valence-corrected chi connectivity index (χ2v) is 13.5. The maximum atomic E-state index is 14.5. The molecule has 2 fully saturated rings. The lowest BCUT2D eigenvalue weighted by Crippen LogP contribution is -2.51. The van der Waals surface area contributed by atoms with Crippen molar-refractivity contribution in [3.63, 3.8) is 0 Å². The van der Waals surface area contributed by atoms with Gasteiger partial charge in [-0.2, -0.15) is 0 Å². The van der Waals surface area contributed by atoms with Crippen molar-refractivity contribution in [1.82, 2.24) is 25.8 Å². The summed E-state index contributed by atoms with van der Waals surface area (Å²) in [7, 11) is 0. The Hall–Kier alpha value is -4.73. The number of nitrogens with zero attached hydrogens (tertiary/aromatic N) is 2. The minimum absolute atomic E-state index is 0.00171. The van der Waals surface area contributed by atoms with Gasteiger partial charge in [0, 0.05) is 24.7 Å². The van der Waals surface area contributed by atoms with Crippen LogP contribution in [0, 0.1) is 0 Å². The smallest absolute Gasteiger partial charge is 0.251 e. The van der Waals surface area contributed by atoms with E-state index < -0.39 is 6.04 Å². The number of carbonyl (C=O) groups excluding carboxylic acids is 3. The number of hydrogen-bond donors (Lipinski definition) is 3. The number of hydrogen-bond acceptors (Lipinski definition) is 6. The van der Waals surface area contributed by atoms with Gasteiger partial charge in [0.25, 0.3) is 5.91 Å². The van der Waals surface area contributed by atoms with Crippen molar-refractivity contribution in [3.05, 3.63) is 102 Å². The molecule has 2 bridgehead atoms. The van der Waals surface area contributed by atoms with E-state index in [1.54, 1.807) is 0 Å². The van der Waals surface area contributed by atoms with Crippen molar-refractivity contribution in [2.24, 2.45) is 0 Å². The number of rotatable bonds is 7. The number of benzene rings is 4. The van der Waals surface area contributed by atoms with Crippen molar-refractivity contribution in [3.8, 4) is 16.9 Å². The molecule has 49 heavy (non-hydrogen) atoms. The molecule has 7 rings (SSSR count). The highest BCUT2D eigenvalue weighted by Gasteiger charge is 2.39. The molecule has 9 nitrogen and oxygen atoms in total. The van der Waals surface area contributed by atoms with E-state index in [0.717, 1.165) is 43.5 Å². The van der Waals surface area contributed by atoms with Crippen LogP contribution >= 0.6 is 0 Å². The van der Waals surface area contributed by atoms with Gasteiger partial charge in [-0.15, -0.1) is 0 Å². The van der Waals surface area contributed by atoms with Crippen LogP contribution in [0.3, 0.4) is 0 Å². The summed E-state index contributed by atoms with van der Waals surface area (Å²) in [6.07, 6.45) is 4.04. The Bertz CT molecular complexity index is 1800. The molecule has 3 atom stereocenters. The van der Waals surface area contributed by atoms with Gasteiger partial charge in [0.15, 0.2) is 0 Å². The minimum Gasteiger partial charge on any atom is -0.491 e. The summed E-state index contributed by atoms with van der Waals surface area (Å²) >= 11 is 0. The maximum Gasteiger partial charge on any atom is 0.251 e. The summed E-state index contributed by atoms with van der Waals surface area (Å²) in [5.41, 5.74) is 3.51. The zero-order valence-electron chi connectivity index (χ0n) is 27.9. The molecular weight excluding hydrogens is 614 g/mol. The van der Waals surface area contributed by atoms with E-state index in [0.29, 0.717) is 56.9 Å². The van der Waals surface area contributed by atoms with Crippen LogP contribution in [-0.4, -0.2) is 91.5 Å². The van der Waals surface area contributed by atoms with E-state index >= 15 is 0 Å². The Balaban J connectivity index is 1.13. The molecule has 0 aliphatic carbocycles. The number of ether oxygens (including phenoxy) is 1. The number of nitrogens with one attached hydrogen (secondary N) is 3. The van der Waals surface area contributed by atoms with Gasteiger partial charge in [-0.25, -0.2) is 0 Å². The lowest BCUT2D eigenvalue weighted by Gasteiger charge is -2.29. The van der Waals surface area contributed by atoms with Gasteiger partial charge in [0.1, 0.15) is 12.4 Å². The Labute approximate surface area is 288 Å². The van der Waals surface area contributed by atoms with Crippen molar-refractivity contribution in [2.75, 3.05) is 45.9 Å². The van der Waals surface area contributed by atoms with Crippen LogP contribution in [0.15, 0.2) is 91.0 Å². The van der Waals surface area contributed by atoms with Gasteiger partial charge in [-0.3, -0.25) is 19.3 Å². The highest BCUT2D eigenvalue weighted by molar-refractivity contribution is 6.01. The van der Waals surface area contributed by atoms with Gasteiger partial charge in [-0.1, -0.05) is 72.8 Å².